The second-order valence-corrected chi connectivity index (χ2v) is 8.73. The maximum absolute atomic E-state index is 15.2. The molecule has 4 heteroatoms. The van der Waals surface area contributed by atoms with Crippen molar-refractivity contribution in [3.8, 4) is 22.3 Å². The van der Waals surface area contributed by atoms with Crippen LogP contribution in [0.15, 0.2) is 85.0 Å². The van der Waals surface area contributed by atoms with Crippen LogP contribution in [0, 0.1) is 11.6 Å². The summed E-state index contributed by atoms with van der Waals surface area (Å²) < 4.78 is 42.3. The molecule has 0 aliphatic heterocycles. The second kappa shape index (κ2) is 11.6. The van der Waals surface area contributed by atoms with Gasteiger partial charge >= 0.3 is 0 Å². The summed E-state index contributed by atoms with van der Waals surface area (Å²) in [5.74, 6) is -2.54. The van der Waals surface area contributed by atoms with Gasteiger partial charge in [-0.05, 0) is 41.7 Å². The molecule has 1 atom stereocenters. The van der Waals surface area contributed by atoms with Crippen molar-refractivity contribution < 1.29 is 18.3 Å². The maximum Gasteiger partial charge on any atom is 0.191 e. The molecule has 0 bridgehead atoms. The summed E-state index contributed by atoms with van der Waals surface area (Å²) in [5, 5.41) is 0. The molecule has 0 amide bonds. The van der Waals surface area contributed by atoms with Crippen LogP contribution in [0.5, 0.6) is 0 Å². The molecule has 4 rings (SSSR count). The molecule has 3 aromatic rings. The minimum absolute atomic E-state index is 0.236. The number of unbranched alkanes of at least 4 members (excludes halogenated alkanes) is 2. The molecule has 2 nitrogen and oxygen atoms in total. The van der Waals surface area contributed by atoms with Crippen LogP contribution >= 0.6 is 0 Å². The molecule has 1 aliphatic rings. The molecule has 3 aromatic carbocycles. The van der Waals surface area contributed by atoms with E-state index in [4.69, 9.17) is 9.47 Å². The van der Waals surface area contributed by atoms with Gasteiger partial charge in [-0.2, -0.15) is 0 Å². The third-order valence-corrected chi connectivity index (χ3v) is 6.30. The van der Waals surface area contributed by atoms with Gasteiger partial charge in [-0.15, -0.1) is 0 Å². The Labute approximate surface area is 206 Å². The number of allylic oxidation sites excluding steroid dienone is 2. The Morgan fingerprint density at radius 3 is 2.06 bits per heavy atom. The third-order valence-electron chi connectivity index (χ3n) is 6.30. The minimum atomic E-state index is -0.849. The molecule has 182 valence electrons. The van der Waals surface area contributed by atoms with E-state index in [0.717, 1.165) is 30.4 Å². The molecule has 0 fully saturated rings. The average molecular weight is 475 g/mol. The highest BCUT2D eigenvalue weighted by Gasteiger charge is 2.30. The predicted octanol–water partition coefficient (Wildman–Crippen LogP) is 8.58. The summed E-state index contributed by atoms with van der Waals surface area (Å²) in [5.41, 5.74) is 3.85. The summed E-state index contributed by atoms with van der Waals surface area (Å²) in [6, 6.07) is 20.7. The van der Waals surface area contributed by atoms with Gasteiger partial charge in [0.25, 0.3) is 0 Å². The first-order valence-corrected chi connectivity index (χ1v) is 12.4. The SMILES string of the molecule is CCCCCOC1(OCC)C=CC(c2ccc(-c3ccc(-c4ccccc4)cc3)c(F)c2F)=CC1. The third kappa shape index (κ3) is 5.77. The zero-order valence-corrected chi connectivity index (χ0v) is 20.4. The van der Waals surface area contributed by atoms with Crippen molar-refractivity contribution in [2.24, 2.45) is 0 Å². The lowest BCUT2D eigenvalue weighted by Gasteiger charge is -2.32. The first-order chi connectivity index (χ1) is 17.1. The summed E-state index contributed by atoms with van der Waals surface area (Å²) in [6.07, 6.45) is 9.08. The number of ether oxygens (including phenoxy) is 2. The Balaban J connectivity index is 1.53. The van der Waals surface area contributed by atoms with E-state index < -0.39 is 17.4 Å². The molecular weight excluding hydrogens is 442 g/mol. The van der Waals surface area contributed by atoms with Crippen LogP contribution in [0.2, 0.25) is 0 Å². The number of halogens is 2. The van der Waals surface area contributed by atoms with Crippen molar-refractivity contribution >= 4 is 5.57 Å². The Bertz CT molecular complexity index is 1180. The molecule has 0 aromatic heterocycles. The van der Waals surface area contributed by atoms with Crippen LogP contribution < -0.4 is 0 Å². The summed E-state index contributed by atoms with van der Waals surface area (Å²) in [7, 11) is 0. The fourth-order valence-electron chi connectivity index (χ4n) is 4.37. The highest BCUT2D eigenvalue weighted by Crippen LogP contribution is 2.35. The monoisotopic (exact) mass is 474 g/mol. The van der Waals surface area contributed by atoms with Crippen LogP contribution in [0.4, 0.5) is 8.78 Å². The lowest BCUT2D eigenvalue weighted by molar-refractivity contribution is -0.200. The molecule has 1 unspecified atom stereocenters. The highest BCUT2D eigenvalue weighted by atomic mass is 19.2. The lowest BCUT2D eigenvalue weighted by Crippen LogP contribution is -2.35. The summed E-state index contributed by atoms with van der Waals surface area (Å²) in [4.78, 5) is 0. The van der Waals surface area contributed by atoms with E-state index in [1.54, 1.807) is 18.2 Å². The lowest BCUT2D eigenvalue weighted by atomic mass is 9.93. The first kappa shape index (κ1) is 25.0. The van der Waals surface area contributed by atoms with Gasteiger partial charge in [0.1, 0.15) is 0 Å². The van der Waals surface area contributed by atoms with Gasteiger partial charge in [-0.1, -0.05) is 98.6 Å². The summed E-state index contributed by atoms with van der Waals surface area (Å²) in [6.45, 7) is 5.17. The number of hydrogen-bond donors (Lipinski definition) is 0. The van der Waals surface area contributed by atoms with Gasteiger partial charge in [0, 0.05) is 24.2 Å². The van der Waals surface area contributed by atoms with Gasteiger partial charge in [0.15, 0.2) is 17.4 Å². The van der Waals surface area contributed by atoms with Crippen LogP contribution in [-0.4, -0.2) is 19.0 Å². The van der Waals surface area contributed by atoms with Crippen LogP contribution in [0.3, 0.4) is 0 Å². The van der Waals surface area contributed by atoms with Crippen LogP contribution in [-0.2, 0) is 9.47 Å². The smallest absolute Gasteiger partial charge is 0.191 e. The van der Waals surface area contributed by atoms with Crippen LogP contribution in [0.25, 0.3) is 27.8 Å². The van der Waals surface area contributed by atoms with Crippen molar-refractivity contribution in [3.63, 3.8) is 0 Å². The van der Waals surface area contributed by atoms with E-state index >= 15 is 8.78 Å². The van der Waals surface area contributed by atoms with E-state index in [2.05, 4.69) is 6.92 Å². The molecule has 1 aliphatic carbocycles. The van der Waals surface area contributed by atoms with Crippen LogP contribution in [0.1, 0.15) is 45.1 Å². The zero-order chi connectivity index (χ0) is 24.7. The highest BCUT2D eigenvalue weighted by molar-refractivity contribution is 5.78. The Morgan fingerprint density at radius 1 is 0.743 bits per heavy atom. The fraction of sp³-hybridized carbons (Fsp3) is 0.290. The fourth-order valence-corrected chi connectivity index (χ4v) is 4.37. The van der Waals surface area contributed by atoms with E-state index in [9.17, 15) is 0 Å². The van der Waals surface area contributed by atoms with Crippen molar-refractivity contribution in [3.05, 3.63) is 102 Å². The van der Waals surface area contributed by atoms with Crippen molar-refractivity contribution in [1.82, 2.24) is 0 Å². The van der Waals surface area contributed by atoms with E-state index in [0.29, 0.717) is 30.8 Å². The Kier molecular flexibility index (Phi) is 8.27. The molecular formula is C31H32F2O2. The van der Waals surface area contributed by atoms with Crippen molar-refractivity contribution in [2.45, 2.75) is 45.3 Å². The molecule has 35 heavy (non-hydrogen) atoms. The predicted molar refractivity (Wildman–Crippen MR) is 139 cm³/mol. The molecule has 0 spiro atoms. The average Bonchev–Trinajstić information content (AvgIpc) is 2.90. The maximum atomic E-state index is 15.2. The van der Waals surface area contributed by atoms with E-state index in [1.165, 1.54) is 0 Å². The standard InChI is InChI=1S/C31H32F2O2/c1-3-5-9-22-35-31(34-4-2)20-18-26(19-21-31)28-17-16-27(29(32)30(28)33)25-14-12-24(13-15-25)23-10-7-6-8-11-23/h6-8,10-20H,3-5,9,21-22H2,1-2H3. The summed E-state index contributed by atoms with van der Waals surface area (Å²) >= 11 is 0. The molecule has 0 N–H and O–H groups in total. The van der Waals surface area contributed by atoms with Gasteiger partial charge in [-0.25, -0.2) is 8.78 Å². The van der Waals surface area contributed by atoms with Crippen molar-refractivity contribution in [1.29, 1.82) is 0 Å². The number of hydrogen-bond acceptors (Lipinski definition) is 2. The Morgan fingerprint density at radius 2 is 1.40 bits per heavy atom. The molecule has 0 saturated carbocycles. The van der Waals surface area contributed by atoms with E-state index in [1.807, 2.05) is 73.7 Å². The quantitative estimate of drug-likeness (QED) is 0.216. The molecule has 0 heterocycles. The Hall–Kier alpha value is -3.08. The topological polar surface area (TPSA) is 18.5 Å². The number of rotatable bonds is 10. The van der Waals surface area contributed by atoms with Gasteiger partial charge in [-0.3, -0.25) is 0 Å². The van der Waals surface area contributed by atoms with Crippen molar-refractivity contribution in [2.75, 3.05) is 13.2 Å². The van der Waals surface area contributed by atoms with Gasteiger partial charge in [0.2, 0.25) is 0 Å². The largest absolute Gasteiger partial charge is 0.346 e. The van der Waals surface area contributed by atoms with Gasteiger partial charge < -0.3 is 9.47 Å². The number of benzene rings is 3. The molecule has 0 radical (unpaired) electrons. The molecule has 0 saturated heterocycles. The zero-order valence-electron chi connectivity index (χ0n) is 20.4. The van der Waals surface area contributed by atoms with E-state index in [-0.39, 0.29) is 11.1 Å². The normalized spacial score (nSPS) is 17.4. The first-order valence-electron chi connectivity index (χ1n) is 12.4. The minimum Gasteiger partial charge on any atom is -0.346 e. The van der Waals surface area contributed by atoms with Gasteiger partial charge in [0.05, 0.1) is 6.61 Å². The second-order valence-electron chi connectivity index (χ2n) is 8.73.